The van der Waals surface area contributed by atoms with Gasteiger partial charge in [0.15, 0.2) is 0 Å². The Labute approximate surface area is 85.6 Å². The van der Waals surface area contributed by atoms with Gasteiger partial charge in [-0.15, -0.1) is 0 Å². The summed E-state index contributed by atoms with van der Waals surface area (Å²) in [6.07, 6.45) is 2.98. The Morgan fingerprint density at radius 3 is 2.79 bits per heavy atom. The monoisotopic (exact) mass is 199 g/mol. The second-order valence-corrected chi connectivity index (χ2v) is 4.28. The minimum Gasteiger partial charge on any atom is -0.409 e. The van der Waals surface area contributed by atoms with Gasteiger partial charge in [-0.3, -0.25) is 0 Å². The molecule has 0 saturated heterocycles. The van der Waals surface area contributed by atoms with E-state index in [1.165, 1.54) is 6.42 Å². The largest absolute Gasteiger partial charge is 0.409 e. The molecule has 0 spiro atoms. The number of nitrogens with zero attached hydrogens (tertiary/aromatic N) is 1. The molecular formula is C10H21N3O. The highest BCUT2D eigenvalue weighted by atomic mass is 16.4. The molecule has 1 aliphatic rings. The fourth-order valence-corrected chi connectivity index (χ4v) is 1.66. The standard InChI is InChI=1S/C10H21N3O/c1-3-9(5-10(11)13-14)12-6-8-4-7(8)2/h7-9,12,14H,3-6H2,1-2H3,(H2,11,13). The lowest BCUT2D eigenvalue weighted by molar-refractivity contribution is 0.315. The number of rotatable bonds is 6. The van der Waals surface area contributed by atoms with Gasteiger partial charge in [0.2, 0.25) is 0 Å². The summed E-state index contributed by atoms with van der Waals surface area (Å²) in [5, 5.41) is 14.9. The van der Waals surface area contributed by atoms with Crippen molar-refractivity contribution in [1.82, 2.24) is 5.32 Å². The van der Waals surface area contributed by atoms with E-state index in [2.05, 4.69) is 24.3 Å². The smallest absolute Gasteiger partial charge is 0.140 e. The van der Waals surface area contributed by atoms with Gasteiger partial charge in [-0.25, -0.2) is 0 Å². The average molecular weight is 199 g/mol. The van der Waals surface area contributed by atoms with Crippen molar-refractivity contribution in [2.75, 3.05) is 6.54 Å². The molecule has 82 valence electrons. The summed E-state index contributed by atoms with van der Waals surface area (Å²) in [5.41, 5.74) is 5.46. The van der Waals surface area contributed by atoms with Crippen LogP contribution in [-0.2, 0) is 0 Å². The number of nitrogens with two attached hydrogens (primary N) is 1. The zero-order valence-electron chi connectivity index (χ0n) is 9.03. The van der Waals surface area contributed by atoms with E-state index in [0.717, 1.165) is 24.8 Å². The molecule has 1 fully saturated rings. The summed E-state index contributed by atoms with van der Waals surface area (Å²) in [6, 6.07) is 0.346. The van der Waals surface area contributed by atoms with Crippen LogP contribution in [0.3, 0.4) is 0 Å². The van der Waals surface area contributed by atoms with Gasteiger partial charge in [0.05, 0.1) is 0 Å². The van der Waals surface area contributed by atoms with E-state index in [-0.39, 0.29) is 0 Å². The zero-order valence-corrected chi connectivity index (χ0v) is 9.03. The maximum absolute atomic E-state index is 8.45. The maximum atomic E-state index is 8.45. The summed E-state index contributed by atoms with van der Waals surface area (Å²) in [7, 11) is 0. The first kappa shape index (κ1) is 11.3. The highest BCUT2D eigenvalue weighted by molar-refractivity contribution is 5.80. The molecule has 3 unspecified atom stereocenters. The second kappa shape index (κ2) is 5.20. The topological polar surface area (TPSA) is 70.6 Å². The van der Waals surface area contributed by atoms with Gasteiger partial charge >= 0.3 is 0 Å². The Morgan fingerprint density at radius 2 is 2.36 bits per heavy atom. The van der Waals surface area contributed by atoms with Crippen LogP contribution in [0.5, 0.6) is 0 Å². The molecule has 0 radical (unpaired) electrons. The Bertz CT molecular complexity index is 206. The molecule has 0 aromatic heterocycles. The van der Waals surface area contributed by atoms with E-state index in [1.807, 2.05) is 0 Å². The zero-order chi connectivity index (χ0) is 10.6. The fourth-order valence-electron chi connectivity index (χ4n) is 1.66. The summed E-state index contributed by atoms with van der Waals surface area (Å²) in [6.45, 7) is 5.45. The second-order valence-electron chi connectivity index (χ2n) is 4.28. The van der Waals surface area contributed by atoms with Crippen molar-refractivity contribution in [2.24, 2.45) is 22.7 Å². The van der Waals surface area contributed by atoms with Gasteiger partial charge in [-0.2, -0.15) is 0 Å². The highest BCUT2D eigenvalue weighted by Gasteiger charge is 2.32. The lowest BCUT2D eigenvalue weighted by Crippen LogP contribution is -2.34. The lowest BCUT2D eigenvalue weighted by Gasteiger charge is -2.15. The number of hydrogen-bond acceptors (Lipinski definition) is 3. The van der Waals surface area contributed by atoms with Crippen molar-refractivity contribution in [3.63, 3.8) is 0 Å². The molecule has 14 heavy (non-hydrogen) atoms. The molecule has 4 N–H and O–H groups in total. The molecule has 3 atom stereocenters. The molecule has 0 aliphatic heterocycles. The van der Waals surface area contributed by atoms with Crippen molar-refractivity contribution >= 4 is 5.84 Å². The van der Waals surface area contributed by atoms with Gasteiger partial charge in [-0.1, -0.05) is 19.0 Å². The molecule has 1 aliphatic carbocycles. The van der Waals surface area contributed by atoms with Crippen LogP contribution in [0.15, 0.2) is 5.16 Å². The predicted molar refractivity (Wildman–Crippen MR) is 57.4 cm³/mol. The van der Waals surface area contributed by atoms with E-state index in [4.69, 9.17) is 10.9 Å². The van der Waals surface area contributed by atoms with E-state index >= 15 is 0 Å². The van der Waals surface area contributed by atoms with Crippen LogP contribution in [0, 0.1) is 11.8 Å². The molecular weight excluding hydrogens is 178 g/mol. The third kappa shape index (κ3) is 3.54. The summed E-state index contributed by atoms with van der Waals surface area (Å²) < 4.78 is 0. The average Bonchev–Trinajstić information content (AvgIpc) is 2.88. The van der Waals surface area contributed by atoms with Crippen LogP contribution in [0.4, 0.5) is 0 Å². The summed E-state index contributed by atoms with van der Waals surface area (Å²) in [5.74, 6) is 2.04. The molecule has 0 aromatic rings. The predicted octanol–water partition coefficient (Wildman–Crippen LogP) is 1.15. The highest BCUT2D eigenvalue weighted by Crippen LogP contribution is 2.36. The Morgan fingerprint density at radius 1 is 1.71 bits per heavy atom. The van der Waals surface area contributed by atoms with Crippen LogP contribution in [0.2, 0.25) is 0 Å². The molecule has 4 heteroatoms. The van der Waals surface area contributed by atoms with Gasteiger partial charge in [0, 0.05) is 12.5 Å². The van der Waals surface area contributed by atoms with Crippen LogP contribution < -0.4 is 11.1 Å². The minimum atomic E-state index is 0.313. The summed E-state index contributed by atoms with van der Waals surface area (Å²) in [4.78, 5) is 0. The van der Waals surface area contributed by atoms with E-state index in [9.17, 15) is 0 Å². The van der Waals surface area contributed by atoms with Crippen LogP contribution in [0.25, 0.3) is 0 Å². The SMILES string of the molecule is CCC(CC(N)=NO)NCC1CC1C. The van der Waals surface area contributed by atoms with Crippen molar-refractivity contribution in [3.8, 4) is 0 Å². The maximum Gasteiger partial charge on any atom is 0.140 e. The first-order valence-electron chi connectivity index (χ1n) is 5.37. The van der Waals surface area contributed by atoms with Gasteiger partial charge in [-0.05, 0) is 31.2 Å². The van der Waals surface area contributed by atoms with Crippen LogP contribution in [0.1, 0.15) is 33.1 Å². The van der Waals surface area contributed by atoms with Crippen molar-refractivity contribution in [2.45, 2.75) is 39.2 Å². The lowest BCUT2D eigenvalue weighted by atomic mass is 10.1. The fraction of sp³-hybridized carbons (Fsp3) is 0.900. The number of amidine groups is 1. The number of nitrogens with one attached hydrogen (secondary N) is 1. The van der Waals surface area contributed by atoms with Crippen LogP contribution in [-0.4, -0.2) is 23.6 Å². The number of hydrogen-bond donors (Lipinski definition) is 3. The summed E-state index contributed by atoms with van der Waals surface area (Å²) >= 11 is 0. The number of oxime groups is 1. The third-order valence-corrected chi connectivity index (χ3v) is 3.02. The minimum absolute atomic E-state index is 0.313. The van der Waals surface area contributed by atoms with Crippen molar-refractivity contribution in [1.29, 1.82) is 0 Å². The Kier molecular flexibility index (Phi) is 4.20. The molecule has 0 heterocycles. The molecule has 1 saturated carbocycles. The van der Waals surface area contributed by atoms with Crippen LogP contribution >= 0.6 is 0 Å². The van der Waals surface area contributed by atoms with E-state index in [0.29, 0.717) is 18.3 Å². The van der Waals surface area contributed by atoms with E-state index in [1.54, 1.807) is 0 Å². The molecule has 0 aromatic carbocycles. The van der Waals surface area contributed by atoms with Gasteiger partial charge in [0.1, 0.15) is 5.84 Å². The molecule has 0 amide bonds. The van der Waals surface area contributed by atoms with E-state index < -0.39 is 0 Å². The molecule has 1 rings (SSSR count). The van der Waals surface area contributed by atoms with Gasteiger partial charge in [0.25, 0.3) is 0 Å². The normalized spacial score (nSPS) is 28.9. The Balaban J connectivity index is 2.17. The molecule has 0 bridgehead atoms. The third-order valence-electron chi connectivity index (χ3n) is 3.02. The first-order valence-corrected chi connectivity index (χ1v) is 5.37. The first-order chi connectivity index (χ1) is 6.67. The van der Waals surface area contributed by atoms with Gasteiger partial charge < -0.3 is 16.3 Å². The Hall–Kier alpha value is -0.770. The van der Waals surface area contributed by atoms with Crippen molar-refractivity contribution in [3.05, 3.63) is 0 Å². The molecule has 4 nitrogen and oxygen atoms in total. The van der Waals surface area contributed by atoms with Crippen molar-refractivity contribution < 1.29 is 5.21 Å². The quantitative estimate of drug-likeness (QED) is 0.260.